The predicted octanol–water partition coefficient (Wildman–Crippen LogP) is 0.668. The second-order valence-corrected chi connectivity index (χ2v) is 4.08. The molecule has 1 aliphatic heterocycles. The van der Waals surface area contributed by atoms with Crippen LogP contribution in [0.3, 0.4) is 0 Å². The van der Waals surface area contributed by atoms with Gasteiger partial charge in [0.25, 0.3) is 0 Å². The molecule has 1 saturated heterocycles. The molecule has 2 N–H and O–H groups in total. The molecule has 1 rings (SSSR count). The summed E-state index contributed by atoms with van der Waals surface area (Å²) in [7, 11) is 1.69. The van der Waals surface area contributed by atoms with Gasteiger partial charge in [0, 0.05) is 19.7 Å². The van der Waals surface area contributed by atoms with Gasteiger partial charge in [0.1, 0.15) is 0 Å². The van der Waals surface area contributed by atoms with Crippen LogP contribution in [0.15, 0.2) is 0 Å². The van der Waals surface area contributed by atoms with Gasteiger partial charge in [-0.05, 0) is 19.3 Å². The van der Waals surface area contributed by atoms with Gasteiger partial charge in [0.15, 0.2) is 0 Å². The largest absolute Gasteiger partial charge is 0.380 e. The van der Waals surface area contributed by atoms with E-state index in [2.05, 4.69) is 24.5 Å². The molecular weight excluding hydrogens is 192 g/mol. The summed E-state index contributed by atoms with van der Waals surface area (Å²) in [6, 6.07) is 0.233. The Morgan fingerprint density at radius 2 is 2.20 bits per heavy atom. The summed E-state index contributed by atoms with van der Waals surface area (Å²) in [5.41, 5.74) is 0. The van der Waals surface area contributed by atoms with E-state index in [0.29, 0.717) is 6.04 Å². The summed E-state index contributed by atoms with van der Waals surface area (Å²) in [5.74, 6) is 0.114. The molecule has 0 bridgehead atoms. The minimum Gasteiger partial charge on any atom is -0.380 e. The highest BCUT2D eigenvalue weighted by atomic mass is 16.5. The quantitative estimate of drug-likeness (QED) is 0.707. The lowest BCUT2D eigenvalue weighted by Crippen LogP contribution is -2.44. The lowest BCUT2D eigenvalue weighted by molar-refractivity contribution is -0.123. The van der Waals surface area contributed by atoms with Gasteiger partial charge in [-0.15, -0.1) is 0 Å². The van der Waals surface area contributed by atoms with Crippen LogP contribution in [-0.4, -0.2) is 37.7 Å². The molecule has 0 spiro atoms. The third kappa shape index (κ3) is 3.47. The molecule has 1 fully saturated rings. The fraction of sp³-hybridized carbons (Fsp3) is 0.909. The Morgan fingerprint density at radius 1 is 1.53 bits per heavy atom. The van der Waals surface area contributed by atoms with Crippen molar-refractivity contribution >= 4 is 5.91 Å². The first-order chi connectivity index (χ1) is 7.21. The number of hydrogen-bond acceptors (Lipinski definition) is 3. The van der Waals surface area contributed by atoms with Crippen molar-refractivity contribution in [2.45, 2.75) is 51.3 Å². The van der Waals surface area contributed by atoms with Gasteiger partial charge in [-0.25, -0.2) is 0 Å². The third-order valence-corrected chi connectivity index (χ3v) is 3.07. The van der Waals surface area contributed by atoms with Crippen LogP contribution in [0.4, 0.5) is 0 Å². The molecule has 0 saturated carbocycles. The van der Waals surface area contributed by atoms with Crippen molar-refractivity contribution in [2.75, 3.05) is 13.7 Å². The second kappa shape index (κ2) is 6.08. The fourth-order valence-electron chi connectivity index (χ4n) is 1.88. The van der Waals surface area contributed by atoms with E-state index >= 15 is 0 Å². The van der Waals surface area contributed by atoms with E-state index < -0.39 is 0 Å². The predicted molar refractivity (Wildman–Crippen MR) is 59.7 cm³/mol. The molecule has 0 radical (unpaired) electrons. The Labute approximate surface area is 91.8 Å². The highest BCUT2D eigenvalue weighted by Gasteiger charge is 2.29. The van der Waals surface area contributed by atoms with E-state index in [1.54, 1.807) is 7.11 Å². The first-order valence-electron chi connectivity index (χ1n) is 5.77. The minimum atomic E-state index is -0.0736. The maximum Gasteiger partial charge on any atom is 0.237 e. The number of methoxy groups -OCH3 is 1. The van der Waals surface area contributed by atoms with Crippen LogP contribution >= 0.6 is 0 Å². The Balaban J connectivity index is 2.34. The zero-order chi connectivity index (χ0) is 11.3. The maximum absolute atomic E-state index is 11.8. The first kappa shape index (κ1) is 12.5. The van der Waals surface area contributed by atoms with Crippen molar-refractivity contribution in [3.8, 4) is 0 Å². The second-order valence-electron chi connectivity index (χ2n) is 4.08. The van der Waals surface area contributed by atoms with Crippen LogP contribution in [0.5, 0.6) is 0 Å². The van der Waals surface area contributed by atoms with E-state index in [9.17, 15) is 4.79 Å². The van der Waals surface area contributed by atoms with Crippen molar-refractivity contribution in [1.82, 2.24) is 10.6 Å². The molecule has 0 aromatic carbocycles. The molecule has 2 atom stereocenters. The minimum absolute atomic E-state index is 0.0736. The Kier molecular flexibility index (Phi) is 5.05. The standard InChI is InChI=1S/C11H22N2O2/c1-4-8(5-2)13-11(14)10-6-9(15-3)7-12-10/h8-10,12H,4-7H2,1-3H3,(H,13,14). The van der Waals surface area contributed by atoms with Crippen molar-refractivity contribution in [3.63, 3.8) is 0 Å². The lowest BCUT2D eigenvalue weighted by Gasteiger charge is -2.18. The van der Waals surface area contributed by atoms with E-state index in [-0.39, 0.29) is 18.1 Å². The van der Waals surface area contributed by atoms with E-state index in [1.165, 1.54) is 0 Å². The fourth-order valence-corrected chi connectivity index (χ4v) is 1.88. The van der Waals surface area contributed by atoms with Crippen LogP contribution in [0.25, 0.3) is 0 Å². The summed E-state index contributed by atoms with van der Waals surface area (Å²) >= 11 is 0. The van der Waals surface area contributed by atoms with Crippen molar-refractivity contribution in [1.29, 1.82) is 0 Å². The monoisotopic (exact) mass is 214 g/mol. The molecule has 0 aliphatic carbocycles. The summed E-state index contributed by atoms with van der Waals surface area (Å²) < 4.78 is 5.21. The van der Waals surface area contributed by atoms with Crippen LogP contribution in [-0.2, 0) is 9.53 Å². The Bertz CT molecular complexity index is 205. The smallest absolute Gasteiger partial charge is 0.237 e. The molecule has 4 nitrogen and oxygen atoms in total. The number of nitrogens with one attached hydrogen (secondary N) is 2. The van der Waals surface area contributed by atoms with E-state index in [1.807, 2.05) is 0 Å². The normalized spacial score (nSPS) is 25.9. The molecule has 1 heterocycles. The van der Waals surface area contributed by atoms with Crippen LogP contribution in [0, 0.1) is 0 Å². The number of amides is 1. The third-order valence-electron chi connectivity index (χ3n) is 3.07. The van der Waals surface area contributed by atoms with Gasteiger partial charge >= 0.3 is 0 Å². The number of carbonyl (C=O) groups excluding carboxylic acids is 1. The number of ether oxygens (including phenoxy) is 1. The zero-order valence-electron chi connectivity index (χ0n) is 9.88. The highest BCUT2D eigenvalue weighted by molar-refractivity contribution is 5.82. The molecule has 2 unspecified atom stereocenters. The average molecular weight is 214 g/mol. The van der Waals surface area contributed by atoms with Gasteiger partial charge in [0.2, 0.25) is 5.91 Å². The average Bonchev–Trinajstić information content (AvgIpc) is 2.74. The van der Waals surface area contributed by atoms with Gasteiger partial charge in [-0.2, -0.15) is 0 Å². The molecule has 1 amide bonds. The molecule has 15 heavy (non-hydrogen) atoms. The zero-order valence-corrected chi connectivity index (χ0v) is 9.88. The van der Waals surface area contributed by atoms with Crippen LogP contribution in [0.1, 0.15) is 33.1 Å². The summed E-state index contributed by atoms with van der Waals surface area (Å²) in [6.45, 7) is 4.96. The maximum atomic E-state index is 11.8. The van der Waals surface area contributed by atoms with E-state index in [4.69, 9.17) is 4.74 Å². The van der Waals surface area contributed by atoms with Crippen LogP contribution < -0.4 is 10.6 Å². The number of carbonyl (C=O) groups is 1. The topological polar surface area (TPSA) is 50.4 Å². The molecule has 0 aromatic heterocycles. The van der Waals surface area contributed by atoms with Crippen molar-refractivity contribution in [2.24, 2.45) is 0 Å². The van der Waals surface area contributed by atoms with Crippen molar-refractivity contribution < 1.29 is 9.53 Å². The Morgan fingerprint density at radius 3 is 2.67 bits per heavy atom. The summed E-state index contributed by atoms with van der Waals surface area (Å²) in [5, 5.41) is 6.22. The van der Waals surface area contributed by atoms with Gasteiger partial charge in [-0.3, -0.25) is 4.79 Å². The number of rotatable bonds is 5. The van der Waals surface area contributed by atoms with Gasteiger partial charge in [-0.1, -0.05) is 13.8 Å². The lowest BCUT2D eigenvalue weighted by atomic mass is 10.1. The first-order valence-corrected chi connectivity index (χ1v) is 5.77. The van der Waals surface area contributed by atoms with Crippen LogP contribution in [0.2, 0.25) is 0 Å². The Hall–Kier alpha value is -0.610. The van der Waals surface area contributed by atoms with Gasteiger partial charge < -0.3 is 15.4 Å². The molecule has 88 valence electrons. The molecule has 0 aromatic rings. The number of hydrogen-bond donors (Lipinski definition) is 2. The van der Waals surface area contributed by atoms with E-state index in [0.717, 1.165) is 25.8 Å². The van der Waals surface area contributed by atoms with Gasteiger partial charge in [0.05, 0.1) is 12.1 Å². The molecule has 1 aliphatic rings. The SMILES string of the molecule is CCC(CC)NC(=O)C1CC(OC)CN1. The highest BCUT2D eigenvalue weighted by Crippen LogP contribution is 2.10. The summed E-state index contributed by atoms with van der Waals surface area (Å²) in [6.07, 6.45) is 2.94. The molecular formula is C11H22N2O2. The molecule has 4 heteroatoms. The van der Waals surface area contributed by atoms with Crippen molar-refractivity contribution in [3.05, 3.63) is 0 Å². The summed E-state index contributed by atoms with van der Waals surface area (Å²) in [4.78, 5) is 11.8.